The van der Waals surface area contributed by atoms with Crippen LogP contribution < -0.4 is 10.2 Å². The van der Waals surface area contributed by atoms with Crippen molar-refractivity contribution in [3.05, 3.63) is 65.7 Å². The van der Waals surface area contributed by atoms with E-state index in [1.807, 2.05) is 28.0 Å². The molecule has 2 saturated heterocycles. The summed E-state index contributed by atoms with van der Waals surface area (Å²) in [5.41, 5.74) is 1.23. The van der Waals surface area contributed by atoms with Crippen molar-refractivity contribution in [2.24, 2.45) is 0 Å². The molecule has 0 spiro atoms. The van der Waals surface area contributed by atoms with Gasteiger partial charge in [0.05, 0.1) is 11.6 Å². The second-order valence-electron chi connectivity index (χ2n) is 9.08. The van der Waals surface area contributed by atoms with Crippen molar-refractivity contribution in [2.75, 3.05) is 50.7 Å². The van der Waals surface area contributed by atoms with Crippen LogP contribution in [0.4, 0.5) is 23.7 Å². The van der Waals surface area contributed by atoms with E-state index in [4.69, 9.17) is 0 Å². The highest BCUT2D eigenvalue weighted by molar-refractivity contribution is 5.75. The Labute approximate surface area is 199 Å². The Kier molecular flexibility index (Phi) is 7.98. The van der Waals surface area contributed by atoms with Crippen LogP contribution in [-0.4, -0.2) is 61.6 Å². The zero-order valence-corrected chi connectivity index (χ0v) is 19.4. The van der Waals surface area contributed by atoms with E-state index in [0.29, 0.717) is 25.3 Å². The van der Waals surface area contributed by atoms with Crippen molar-refractivity contribution in [1.82, 2.24) is 15.1 Å². The van der Waals surface area contributed by atoms with Gasteiger partial charge < -0.3 is 15.1 Å². The van der Waals surface area contributed by atoms with Gasteiger partial charge in [-0.3, -0.25) is 4.90 Å². The largest absolute Gasteiger partial charge is 0.416 e. The summed E-state index contributed by atoms with van der Waals surface area (Å²) in [4.78, 5) is 19.0. The summed E-state index contributed by atoms with van der Waals surface area (Å²) >= 11 is 0. The quantitative estimate of drug-likeness (QED) is 0.564. The maximum Gasteiger partial charge on any atom is 0.416 e. The summed E-state index contributed by atoms with van der Waals surface area (Å²) < 4.78 is 38.9. The zero-order valence-electron chi connectivity index (χ0n) is 19.4. The van der Waals surface area contributed by atoms with E-state index in [1.165, 1.54) is 17.7 Å². The highest BCUT2D eigenvalue weighted by Crippen LogP contribution is 2.32. The summed E-state index contributed by atoms with van der Waals surface area (Å²) in [7, 11) is 0. The first kappa shape index (κ1) is 24.4. The Morgan fingerprint density at radius 2 is 1.71 bits per heavy atom. The molecule has 2 amide bonds. The van der Waals surface area contributed by atoms with Gasteiger partial charge in [-0.05, 0) is 56.0 Å². The molecule has 2 aromatic rings. The van der Waals surface area contributed by atoms with Gasteiger partial charge in [-0.2, -0.15) is 13.2 Å². The number of nitrogens with one attached hydrogen (secondary N) is 1. The maximum atomic E-state index is 13.0. The molecule has 2 aromatic carbocycles. The molecule has 1 atom stereocenters. The molecular weight excluding hydrogens is 441 g/mol. The number of carbonyl (C=O) groups excluding carboxylic acids is 1. The van der Waals surface area contributed by atoms with Gasteiger partial charge in [0.25, 0.3) is 0 Å². The number of likely N-dealkylation sites (tertiary alicyclic amines) is 1. The Morgan fingerprint density at radius 3 is 2.44 bits per heavy atom. The molecule has 34 heavy (non-hydrogen) atoms. The third-order valence-corrected chi connectivity index (χ3v) is 6.79. The number of anilines is 1. The van der Waals surface area contributed by atoms with Crippen LogP contribution in [-0.2, 0) is 6.18 Å². The van der Waals surface area contributed by atoms with Crippen LogP contribution in [0.1, 0.15) is 42.9 Å². The number of amides is 2. The Hall–Kier alpha value is -2.74. The van der Waals surface area contributed by atoms with Crippen LogP contribution in [0.5, 0.6) is 0 Å². The van der Waals surface area contributed by atoms with Gasteiger partial charge >= 0.3 is 12.2 Å². The molecule has 0 bridgehead atoms. The standard InChI is InChI=1S/C26H33F3N4O/c27-26(28,29)22-10-6-11-23(20-22)32-18-16-31(17-19-32)14-5-4-13-30-25(34)33-15-7-12-24(33)21-8-2-1-3-9-21/h1-3,6,8-11,20,24H,4-5,7,12-19H2,(H,30,34). The number of hydrogen-bond acceptors (Lipinski definition) is 3. The summed E-state index contributed by atoms with van der Waals surface area (Å²) in [5.74, 6) is 0. The molecule has 0 saturated carbocycles. The lowest BCUT2D eigenvalue weighted by Crippen LogP contribution is -2.46. The van der Waals surface area contributed by atoms with Crippen LogP contribution >= 0.6 is 0 Å². The molecular formula is C26H33F3N4O. The molecule has 8 heteroatoms. The predicted molar refractivity (Wildman–Crippen MR) is 128 cm³/mol. The molecule has 0 aliphatic carbocycles. The number of alkyl halides is 3. The fraction of sp³-hybridized carbons (Fsp3) is 0.500. The molecule has 0 aromatic heterocycles. The van der Waals surface area contributed by atoms with Gasteiger partial charge in [-0.25, -0.2) is 4.79 Å². The molecule has 2 aliphatic heterocycles. The first-order chi connectivity index (χ1) is 16.4. The molecule has 184 valence electrons. The van der Waals surface area contributed by atoms with Crippen molar-refractivity contribution >= 4 is 11.7 Å². The van der Waals surface area contributed by atoms with E-state index < -0.39 is 11.7 Å². The molecule has 1 N–H and O–H groups in total. The van der Waals surface area contributed by atoms with Crippen molar-refractivity contribution in [3.8, 4) is 0 Å². The van der Waals surface area contributed by atoms with Crippen molar-refractivity contribution in [2.45, 2.75) is 37.9 Å². The summed E-state index contributed by atoms with van der Waals surface area (Å²) in [6.45, 7) is 5.47. The number of unbranched alkanes of at least 4 members (excludes halogenated alkanes) is 1. The SMILES string of the molecule is O=C(NCCCCN1CCN(c2cccc(C(F)(F)F)c2)CC1)N1CCCC1c1ccccc1. The molecule has 2 fully saturated rings. The monoisotopic (exact) mass is 474 g/mol. The van der Waals surface area contributed by atoms with Crippen molar-refractivity contribution in [3.63, 3.8) is 0 Å². The molecule has 5 nitrogen and oxygen atoms in total. The van der Waals surface area contributed by atoms with Crippen LogP contribution in [0.15, 0.2) is 54.6 Å². The Bertz CT molecular complexity index is 929. The number of nitrogens with zero attached hydrogens (tertiary/aromatic N) is 3. The average molecular weight is 475 g/mol. The van der Waals surface area contributed by atoms with Gasteiger partial charge in [0.1, 0.15) is 0 Å². The number of benzene rings is 2. The van der Waals surface area contributed by atoms with E-state index >= 15 is 0 Å². The molecule has 0 radical (unpaired) electrons. The first-order valence-corrected chi connectivity index (χ1v) is 12.2. The van der Waals surface area contributed by atoms with Gasteiger partial charge in [-0.15, -0.1) is 0 Å². The molecule has 2 aliphatic rings. The highest BCUT2D eigenvalue weighted by atomic mass is 19.4. The Morgan fingerprint density at radius 1 is 0.941 bits per heavy atom. The van der Waals surface area contributed by atoms with Gasteiger partial charge in [0.2, 0.25) is 0 Å². The summed E-state index contributed by atoms with van der Waals surface area (Å²) in [6, 6.07) is 16.0. The predicted octanol–water partition coefficient (Wildman–Crippen LogP) is 5.15. The molecule has 2 heterocycles. The smallest absolute Gasteiger partial charge is 0.369 e. The Balaban J connectivity index is 1.14. The number of piperazine rings is 1. The minimum Gasteiger partial charge on any atom is -0.369 e. The van der Waals surface area contributed by atoms with E-state index in [1.54, 1.807) is 6.07 Å². The van der Waals surface area contributed by atoms with Gasteiger partial charge in [-0.1, -0.05) is 36.4 Å². The van der Waals surface area contributed by atoms with Crippen molar-refractivity contribution in [1.29, 1.82) is 0 Å². The number of carbonyl (C=O) groups is 1. The number of halogens is 3. The van der Waals surface area contributed by atoms with E-state index in [0.717, 1.165) is 57.9 Å². The lowest BCUT2D eigenvalue weighted by atomic mass is 10.1. The van der Waals surface area contributed by atoms with Crippen LogP contribution in [0.3, 0.4) is 0 Å². The van der Waals surface area contributed by atoms with E-state index in [-0.39, 0.29) is 12.1 Å². The number of urea groups is 1. The highest BCUT2D eigenvalue weighted by Gasteiger charge is 2.31. The minimum absolute atomic E-state index is 0.0149. The van der Waals surface area contributed by atoms with E-state index in [2.05, 4.69) is 22.3 Å². The fourth-order valence-electron chi connectivity index (χ4n) is 4.90. The first-order valence-electron chi connectivity index (χ1n) is 12.2. The normalized spacial score (nSPS) is 19.4. The zero-order chi connectivity index (χ0) is 24.0. The van der Waals surface area contributed by atoms with Gasteiger partial charge in [0.15, 0.2) is 0 Å². The summed E-state index contributed by atoms with van der Waals surface area (Å²) in [6.07, 6.45) is -0.400. The second-order valence-corrected chi connectivity index (χ2v) is 9.08. The third kappa shape index (κ3) is 6.23. The lowest BCUT2D eigenvalue weighted by molar-refractivity contribution is -0.137. The topological polar surface area (TPSA) is 38.8 Å². The minimum atomic E-state index is -4.31. The second kappa shape index (κ2) is 11.1. The lowest BCUT2D eigenvalue weighted by Gasteiger charge is -2.36. The van der Waals surface area contributed by atoms with Crippen LogP contribution in [0, 0.1) is 0 Å². The van der Waals surface area contributed by atoms with Crippen LogP contribution in [0.2, 0.25) is 0 Å². The number of hydrogen-bond donors (Lipinski definition) is 1. The summed E-state index contributed by atoms with van der Waals surface area (Å²) in [5, 5.41) is 3.08. The molecule has 4 rings (SSSR count). The fourth-order valence-corrected chi connectivity index (χ4v) is 4.90. The van der Waals surface area contributed by atoms with Crippen LogP contribution in [0.25, 0.3) is 0 Å². The van der Waals surface area contributed by atoms with Crippen molar-refractivity contribution < 1.29 is 18.0 Å². The maximum absolute atomic E-state index is 13.0. The number of rotatable bonds is 7. The molecule has 1 unspecified atom stereocenters. The average Bonchev–Trinajstić information content (AvgIpc) is 3.34. The third-order valence-electron chi connectivity index (χ3n) is 6.79. The van der Waals surface area contributed by atoms with E-state index in [9.17, 15) is 18.0 Å². The van der Waals surface area contributed by atoms with Gasteiger partial charge in [0, 0.05) is 45.0 Å².